The molecule has 2 aliphatic rings. The van der Waals surface area contributed by atoms with E-state index in [1.165, 1.54) is 69.8 Å². The molecule has 1 aliphatic heterocycles. The molecule has 0 radical (unpaired) electrons. The third kappa shape index (κ3) is 9.98. The molecule has 2 heterocycles. The first-order valence-electron chi connectivity index (χ1n) is 15.1. The van der Waals surface area contributed by atoms with Gasteiger partial charge in [0.2, 0.25) is 5.88 Å². The van der Waals surface area contributed by atoms with Crippen LogP contribution in [0.5, 0.6) is 5.88 Å². The number of rotatable bonds is 20. The number of aryl methyl sites for hydroxylation is 1. The number of hydrogen-bond acceptors (Lipinski definition) is 5. The molecule has 0 spiro atoms. The first kappa shape index (κ1) is 28.5. The fourth-order valence-corrected chi connectivity index (χ4v) is 4.90. The van der Waals surface area contributed by atoms with Crippen LogP contribution in [0.4, 0.5) is 0 Å². The highest BCUT2D eigenvalue weighted by Gasteiger charge is 2.25. The number of nitrogens with zero attached hydrogens (tertiary/aromatic N) is 1. The van der Waals surface area contributed by atoms with Crippen molar-refractivity contribution < 1.29 is 18.9 Å². The van der Waals surface area contributed by atoms with Gasteiger partial charge < -0.3 is 18.9 Å². The van der Waals surface area contributed by atoms with Crippen molar-refractivity contribution in [3.8, 4) is 5.88 Å². The Labute approximate surface area is 229 Å². The quantitative estimate of drug-likeness (QED) is 0.163. The van der Waals surface area contributed by atoms with Crippen LogP contribution >= 0.6 is 0 Å². The Kier molecular flexibility index (Phi) is 12.3. The van der Waals surface area contributed by atoms with Crippen LogP contribution in [-0.4, -0.2) is 24.8 Å². The molecular formula is C33H47NO4. The van der Waals surface area contributed by atoms with Crippen LogP contribution in [0, 0.1) is 5.92 Å². The van der Waals surface area contributed by atoms with Crippen LogP contribution in [0.1, 0.15) is 113 Å². The summed E-state index contributed by atoms with van der Waals surface area (Å²) in [6, 6.07) is 12.3. The van der Waals surface area contributed by atoms with Gasteiger partial charge in [-0.3, -0.25) is 0 Å². The van der Waals surface area contributed by atoms with Gasteiger partial charge in [0.1, 0.15) is 6.26 Å². The largest absolute Gasteiger partial charge is 0.478 e. The van der Waals surface area contributed by atoms with Crippen molar-refractivity contribution >= 4 is 5.76 Å². The molecule has 1 saturated carbocycles. The number of unbranched alkanes of at least 4 members (excludes halogenated alkanes) is 7. The summed E-state index contributed by atoms with van der Waals surface area (Å²) in [5.41, 5.74) is 3.25. The van der Waals surface area contributed by atoms with Crippen molar-refractivity contribution in [3.05, 3.63) is 65.5 Å². The van der Waals surface area contributed by atoms with Gasteiger partial charge in [-0.15, -0.1) is 0 Å². The van der Waals surface area contributed by atoms with Crippen LogP contribution in [-0.2, 0) is 20.6 Å². The molecule has 38 heavy (non-hydrogen) atoms. The van der Waals surface area contributed by atoms with E-state index in [0.717, 1.165) is 62.5 Å². The fourth-order valence-electron chi connectivity index (χ4n) is 4.90. The molecule has 208 valence electrons. The lowest BCUT2D eigenvalue weighted by atomic mass is 10.0. The Morgan fingerprint density at radius 2 is 1.63 bits per heavy atom. The van der Waals surface area contributed by atoms with Gasteiger partial charge in [0.15, 0.2) is 5.76 Å². The van der Waals surface area contributed by atoms with E-state index in [0.29, 0.717) is 11.6 Å². The topological polar surface area (TPSA) is 49.8 Å². The second-order valence-electron chi connectivity index (χ2n) is 10.8. The molecule has 5 heteroatoms. The smallest absolute Gasteiger partial charge is 0.267 e. The number of benzene rings is 1. The van der Waals surface area contributed by atoms with Crippen LogP contribution in [0.2, 0.25) is 0 Å². The van der Waals surface area contributed by atoms with Gasteiger partial charge in [-0.05, 0) is 49.7 Å². The summed E-state index contributed by atoms with van der Waals surface area (Å²) in [6.07, 6.45) is 20.6. The molecule has 0 N–H and O–H groups in total. The average molecular weight is 522 g/mol. The summed E-state index contributed by atoms with van der Waals surface area (Å²) in [6.45, 7) is 4.68. The predicted octanol–water partition coefficient (Wildman–Crippen LogP) is 8.78. The number of aromatic nitrogens is 1. The third-order valence-corrected chi connectivity index (χ3v) is 7.44. The Morgan fingerprint density at radius 3 is 2.45 bits per heavy atom. The minimum Gasteiger partial charge on any atom is -0.478 e. The second-order valence-corrected chi connectivity index (χ2v) is 10.8. The van der Waals surface area contributed by atoms with E-state index in [9.17, 15) is 0 Å². The summed E-state index contributed by atoms with van der Waals surface area (Å²) >= 11 is 0. The molecule has 1 fully saturated rings. The van der Waals surface area contributed by atoms with Crippen molar-refractivity contribution in [2.75, 3.05) is 19.8 Å². The maximum absolute atomic E-state index is 6.20. The van der Waals surface area contributed by atoms with Gasteiger partial charge in [-0.1, -0.05) is 89.0 Å². The van der Waals surface area contributed by atoms with Gasteiger partial charge in [-0.2, -0.15) is 0 Å². The van der Waals surface area contributed by atoms with Gasteiger partial charge in [0.05, 0.1) is 6.61 Å². The highest BCUT2D eigenvalue weighted by molar-refractivity contribution is 5.59. The Balaban J connectivity index is 1.14. The number of pyridine rings is 1. The summed E-state index contributed by atoms with van der Waals surface area (Å²) in [7, 11) is 0. The molecule has 1 aromatic carbocycles. The lowest BCUT2D eigenvalue weighted by Crippen LogP contribution is -2.05. The van der Waals surface area contributed by atoms with Crippen molar-refractivity contribution in [1.82, 2.24) is 4.98 Å². The molecule has 0 saturated heterocycles. The molecule has 0 amide bonds. The van der Waals surface area contributed by atoms with Crippen LogP contribution in [0.3, 0.4) is 0 Å². The molecule has 0 bridgehead atoms. The Hall–Kier alpha value is -2.53. The van der Waals surface area contributed by atoms with E-state index in [2.05, 4.69) is 30.1 Å². The minimum atomic E-state index is -0.424. The van der Waals surface area contributed by atoms with Gasteiger partial charge in [-0.25, -0.2) is 4.98 Å². The maximum Gasteiger partial charge on any atom is 0.267 e. The van der Waals surface area contributed by atoms with Crippen LogP contribution < -0.4 is 4.74 Å². The van der Waals surface area contributed by atoms with E-state index in [1.54, 1.807) is 12.5 Å². The number of ether oxygens (including phenoxy) is 4. The Morgan fingerprint density at radius 1 is 0.842 bits per heavy atom. The van der Waals surface area contributed by atoms with Crippen molar-refractivity contribution in [1.29, 1.82) is 0 Å². The molecule has 4 rings (SSSR count). The van der Waals surface area contributed by atoms with Crippen LogP contribution in [0.25, 0.3) is 5.76 Å². The molecule has 5 nitrogen and oxygen atoms in total. The standard InChI is InChI=1S/C33H47NO4/c1-2-3-4-11-22-35-23-13-10-16-28-15-8-9-17-30(28)33-37-26-31(38-33)29-20-21-32(34-25-29)36-24-12-6-5-7-14-27-18-19-27/h8-9,15,17,20-21,25-27,33H,2-7,10-14,16,18-19,22-24H2,1H3. The zero-order valence-corrected chi connectivity index (χ0v) is 23.4. The first-order chi connectivity index (χ1) is 18.8. The molecule has 1 aliphatic carbocycles. The van der Waals surface area contributed by atoms with E-state index in [4.69, 9.17) is 18.9 Å². The summed E-state index contributed by atoms with van der Waals surface area (Å²) in [5, 5.41) is 0. The van der Waals surface area contributed by atoms with Crippen LogP contribution in [0.15, 0.2) is 48.9 Å². The van der Waals surface area contributed by atoms with E-state index >= 15 is 0 Å². The predicted molar refractivity (Wildman–Crippen MR) is 153 cm³/mol. The van der Waals surface area contributed by atoms with E-state index in [-0.39, 0.29) is 0 Å². The van der Waals surface area contributed by atoms with E-state index < -0.39 is 6.29 Å². The highest BCUT2D eigenvalue weighted by Crippen LogP contribution is 2.36. The van der Waals surface area contributed by atoms with E-state index in [1.807, 2.05) is 18.2 Å². The third-order valence-electron chi connectivity index (χ3n) is 7.44. The summed E-state index contributed by atoms with van der Waals surface area (Å²) in [4.78, 5) is 4.48. The second kappa shape index (κ2) is 16.4. The summed E-state index contributed by atoms with van der Waals surface area (Å²) in [5.74, 6) is 2.41. The van der Waals surface area contributed by atoms with Gasteiger partial charge in [0.25, 0.3) is 6.29 Å². The van der Waals surface area contributed by atoms with Crippen molar-refractivity contribution in [3.63, 3.8) is 0 Å². The fraction of sp³-hybridized carbons (Fsp3) is 0.606. The monoisotopic (exact) mass is 521 g/mol. The highest BCUT2D eigenvalue weighted by atomic mass is 16.7. The number of hydrogen-bond donors (Lipinski definition) is 0. The lowest BCUT2D eigenvalue weighted by molar-refractivity contribution is -0.0177. The minimum absolute atomic E-state index is 0.424. The molecule has 2 aromatic rings. The zero-order chi connectivity index (χ0) is 26.3. The lowest BCUT2D eigenvalue weighted by Gasteiger charge is -2.16. The SMILES string of the molecule is CCCCCCOCCCCc1ccccc1C1OC=C(c2ccc(OCCCCCCC3CC3)nc2)O1. The van der Waals surface area contributed by atoms with Gasteiger partial charge >= 0.3 is 0 Å². The zero-order valence-electron chi connectivity index (χ0n) is 23.4. The Bertz CT molecular complexity index is 954. The van der Waals surface area contributed by atoms with Crippen molar-refractivity contribution in [2.24, 2.45) is 5.92 Å². The summed E-state index contributed by atoms with van der Waals surface area (Å²) < 4.78 is 23.8. The average Bonchev–Trinajstić information content (AvgIpc) is 3.65. The van der Waals surface area contributed by atoms with Gasteiger partial charge in [0, 0.05) is 36.6 Å². The van der Waals surface area contributed by atoms with Crippen molar-refractivity contribution in [2.45, 2.75) is 103 Å². The molecule has 1 unspecified atom stereocenters. The normalized spacial score (nSPS) is 16.7. The molecular weight excluding hydrogens is 474 g/mol. The maximum atomic E-state index is 6.20. The first-order valence-corrected chi connectivity index (χ1v) is 15.1. The molecule has 1 atom stereocenters. The molecule has 1 aromatic heterocycles.